The van der Waals surface area contributed by atoms with Crippen LogP contribution >= 0.6 is 0 Å². The molecule has 2 saturated heterocycles. The van der Waals surface area contributed by atoms with Gasteiger partial charge in [-0.1, -0.05) is 0 Å². The normalized spacial score (nSPS) is 45.3. The zero-order chi connectivity index (χ0) is 7.19. The summed E-state index contributed by atoms with van der Waals surface area (Å²) in [7, 11) is 0. The first-order valence-electron chi connectivity index (χ1n) is 3.54. The monoisotopic (exact) mass is 142 g/mol. The summed E-state index contributed by atoms with van der Waals surface area (Å²) in [6, 6.07) is 0. The van der Waals surface area contributed by atoms with Crippen LogP contribution in [0.15, 0.2) is 0 Å². The fourth-order valence-electron chi connectivity index (χ4n) is 1.63. The molecule has 2 fully saturated rings. The Morgan fingerprint density at radius 1 is 1.70 bits per heavy atom. The maximum atomic E-state index is 10.8. The van der Waals surface area contributed by atoms with Crippen LogP contribution in [0.25, 0.3) is 0 Å². The number of hydrogen-bond acceptors (Lipinski definition) is 3. The summed E-state index contributed by atoms with van der Waals surface area (Å²) in [4.78, 5) is 10.8. The lowest BCUT2D eigenvalue weighted by molar-refractivity contribution is -0.141. The summed E-state index contributed by atoms with van der Waals surface area (Å²) in [5.74, 6) is -0.118. The van der Waals surface area contributed by atoms with E-state index in [0.29, 0.717) is 6.42 Å². The van der Waals surface area contributed by atoms with Gasteiger partial charge in [-0.15, -0.1) is 0 Å². The van der Waals surface area contributed by atoms with Gasteiger partial charge >= 0.3 is 5.97 Å². The van der Waals surface area contributed by atoms with E-state index in [1.54, 1.807) is 0 Å². The van der Waals surface area contributed by atoms with Gasteiger partial charge in [0.2, 0.25) is 0 Å². The number of esters is 1. The molecule has 10 heavy (non-hydrogen) atoms. The first-order chi connectivity index (χ1) is 4.71. The van der Waals surface area contributed by atoms with Crippen LogP contribution in [0.2, 0.25) is 0 Å². The molecule has 0 bridgehead atoms. The van der Waals surface area contributed by atoms with E-state index in [-0.39, 0.29) is 17.7 Å². The second-order valence-electron chi connectivity index (χ2n) is 3.11. The fourth-order valence-corrected chi connectivity index (χ4v) is 1.63. The minimum absolute atomic E-state index is 0.0278. The molecule has 1 unspecified atom stereocenters. The van der Waals surface area contributed by atoms with Crippen molar-refractivity contribution in [2.75, 3.05) is 6.61 Å². The van der Waals surface area contributed by atoms with Gasteiger partial charge in [0.25, 0.3) is 0 Å². The number of carbonyl (C=O) groups is 1. The topological polar surface area (TPSA) is 35.5 Å². The lowest BCUT2D eigenvalue weighted by Crippen LogP contribution is -2.30. The van der Waals surface area contributed by atoms with E-state index in [1.807, 2.05) is 6.92 Å². The van der Waals surface area contributed by atoms with Crippen molar-refractivity contribution in [2.45, 2.75) is 31.5 Å². The molecule has 0 N–H and O–H groups in total. The van der Waals surface area contributed by atoms with Gasteiger partial charge in [0, 0.05) is 6.42 Å². The first-order valence-corrected chi connectivity index (χ1v) is 3.54. The second-order valence-corrected chi connectivity index (χ2v) is 3.11. The van der Waals surface area contributed by atoms with Crippen LogP contribution in [0.5, 0.6) is 0 Å². The Hall–Kier alpha value is -0.570. The van der Waals surface area contributed by atoms with Crippen LogP contribution in [-0.2, 0) is 14.3 Å². The quantitative estimate of drug-likeness (QED) is 0.461. The summed E-state index contributed by atoms with van der Waals surface area (Å²) >= 11 is 0. The molecule has 0 aliphatic carbocycles. The summed E-state index contributed by atoms with van der Waals surface area (Å²) in [5.41, 5.74) is -0.295. The maximum absolute atomic E-state index is 10.8. The van der Waals surface area contributed by atoms with Crippen LogP contribution in [0.1, 0.15) is 19.8 Å². The molecule has 2 heterocycles. The third kappa shape index (κ3) is 0.669. The van der Waals surface area contributed by atoms with E-state index < -0.39 is 0 Å². The summed E-state index contributed by atoms with van der Waals surface area (Å²) in [6.45, 7) is 2.67. The molecule has 2 atom stereocenters. The number of ether oxygens (including phenoxy) is 2. The lowest BCUT2D eigenvalue weighted by Gasteiger charge is -2.17. The molecule has 3 nitrogen and oxygen atoms in total. The summed E-state index contributed by atoms with van der Waals surface area (Å²) in [5, 5.41) is 0. The number of carbonyl (C=O) groups excluding carboxylic acids is 1. The molecule has 0 amide bonds. The van der Waals surface area contributed by atoms with E-state index in [0.717, 1.165) is 13.0 Å². The average molecular weight is 142 g/mol. The minimum atomic E-state index is -0.295. The molecular formula is C7H10O3. The zero-order valence-corrected chi connectivity index (χ0v) is 5.92. The van der Waals surface area contributed by atoms with Crippen molar-refractivity contribution < 1.29 is 14.3 Å². The summed E-state index contributed by atoms with van der Waals surface area (Å²) < 4.78 is 10.4. The van der Waals surface area contributed by atoms with Gasteiger partial charge in [-0.3, -0.25) is 4.79 Å². The molecule has 0 aromatic heterocycles. The Morgan fingerprint density at radius 2 is 2.50 bits per heavy atom. The predicted octanol–water partition coefficient (Wildman–Crippen LogP) is 0.481. The highest BCUT2D eigenvalue weighted by Crippen LogP contribution is 2.37. The van der Waals surface area contributed by atoms with Crippen LogP contribution < -0.4 is 0 Å². The van der Waals surface area contributed by atoms with Gasteiger partial charge in [0.1, 0.15) is 11.7 Å². The van der Waals surface area contributed by atoms with Crippen LogP contribution in [0.4, 0.5) is 0 Å². The van der Waals surface area contributed by atoms with Crippen molar-refractivity contribution in [2.24, 2.45) is 0 Å². The minimum Gasteiger partial charge on any atom is -0.459 e. The van der Waals surface area contributed by atoms with E-state index in [1.165, 1.54) is 0 Å². The van der Waals surface area contributed by atoms with E-state index in [9.17, 15) is 4.79 Å². The van der Waals surface area contributed by atoms with Gasteiger partial charge < -0.3 is 9.47 Å². The van der Waals surface area contributed by atoms with Crippen molar-refractivity contribution in [1.29, 1.82) is 0 Å². The molecule has 0 saturated carbocycles. The van der Waals surface area contributed by atoms with Gasteiger partial charge in [0.05, 0.1) is 13.0 Å². The van der Waals surface area contributed by atoms with Crippen molar-refractivity contribution >= 4 is 5.97 Å². The molecule has 0 radical (unpaired) electrons. The van der Waals surface area contributed by atoms with Crippen molar-refractivity contribution in [3.63, 3.8) is 0 Å². The van der Waals surface area contributed by atoms with Crippen LogP contribution in [0, 0.1) is 0 Å². The molecule has 0 aromatic carbocycles. The largest absolute Gasteiger partial charge is 0.459 e. The molecule has 56 valence electrons. The Balaban J connectivity index is 2.22. The van der Waals surface area contributed by atoms with Crippen molar-refractivity contribution in [3.05, 3.63) is 0 Å². The highest BCUT2D eigenvalue weighted by Gasteiger charge is 2.49. The first kappa shape index (κ1) is 6.16. The molecule has 0 spiro atoms. The third-order valence-corrected chi connectivity index (χ3v) is 2.26. The molecule has 0 aromatic rings. The highest BCUT2D eigenvalue weighted by molar-refractivity contribution is 5.73. The Kier molecular flexibility index (Phi) is 1.06. The highest BCUT2D eigenvalue weighted by atomic mass is 16.6. The van der Waals surface area contributed by atoms with Crippen molar-refractivity contribution in [3.8, 4) is 0 Å². The van der Waals surface area contributed by atoms with Crippen LogP contribution in [0.3, 0.4) is 0 Å². The van der Waals surface area contributed by atoms with E-state index in [4.69, 9.17) is 9.47 Å². The molecular weight excluding hydrogens is 132 g/mol. The zero-order valence-electron chi connectivity index (χ0n) is 5.92. The fraction of sp³-hybridized carbons (Fsp3) is 0.857. The third-order valence-electron chi connectivity index (χ3n) is 2.26. The number of hydrogen-bond donors (Lipinski definition) is 0. The molecule has 2 aliphatic heterocycles. The second kappa shape index (κ2) is 1.72. The maximum Gasteiger partial charge on any atom is 0.309 e. The Labute approximate surface area is 59.3 Å². The molecule has 2 rings (SSSR count). The number of rotatable bonds is 0. The van der Waals surface area contributed by atoms with Gasteiger partial charge in [-0.2, -0.15) is 0 Å². The standard InChI is InChI=1S/C7H10O3/c1-7-4-6(8)10-5(7)2-3-9-7/h5H,2-4H2,1H3/t5?,7-/m1/s1. The Bertz CT molecular complexity index is 178. The average Bonchev–Trinajstić information content (AvgIpc) is 2.20. The van der Waals surface area contributed by atoms with Gasteiger partial charge in [0.15, 0.2) is 0 Å². The van der Waals surface area contributed by atoms with E-state index >= 15 is 0 Å². The van der Waals surface area contributed by atoms with Gasteiger partial charge in [-0.05, 0) is 6.92 Å². The SMILES string of the molecule is C[C@@]12CC(=O)OC1CCO2. The van der Waals surface area contributed by atoms with Crippen molar-refractivity contribution in [1.82, 2.24) is 0 Å². The summed E-state index contributed by atoms with van der Waals surface area (Å²) in [6.07, 6.45) is 1.32. The smallest absolute Gasteiger partial charge is 0.309 e. The molecule has 3 heteroatoms. The Morgan fingerprint density at radius 3 is 3.20 bits per heavy atom. The van der Waals surface area contributed by atoms with Gasteiger partial charge in [-0.25, -0.2) is 0 Å². The van der Waals surface area contributed by atoms with Crippen LogP contribution in [-0.4, -0.2) is 24.3 Å². The van der Waals surface area contributed by atoms with E-state index in [2.05, 4.69) is 0 Å². The number of fused-ring (bicyclic) bond motifs is 1. The lowest BCUT2D eigenvalue weighted by atomic mass is 9.99. The molecule has 2 aliphatic rings. The predicted molar refractivity (Wildman–Crippen MR) is 33.5 cm³/mol.